The van der Waals surface area contributed by atoms with E-state index >= 15 is 0 Å². The standard InChI is InChI=1S/C11H14N4O2/c1-4-5-8(12)10(16)15-11-13-7(2)6-9(14-11)17-3/h1,6,8H,5,12H2,2-3H3,(H,13,14,15,16). The van der Waals surface area contributed by atoms with Crippen molar-refractivity contribution in [2.75, 3.05) is 12.4 Å². The number of carbonyl (C=O) groups excluding carboxylic acids is 1. The largest absolute Gasteiger partial charge is 0.481 e. The van der Waals surface area contributed by atoms with Crippen LogP contribution in [0.3, 0.4) is 0 Å². The lowest BCUT2D eigenvalue weighted by molar-refractivity contribution is -0.117. The molecule has 0 radical (unpaired) electrons. The number of anilines is 1. The van der Waals surface area contributed by atoms with Crippen LogP contribution in [-0.2, 0) is 4.79 Å². The molecule has 17 heavy (non-hydrogen) atoms. The van der Waals surface area contributed by atoms with E-state index in [0.717, 1.165) is 0 Å². The Labute approximate surface area is 99.6 Å². The van der Waals surface area contributed by atoms with Gasteiger partial charge in [-0.05, 0) is 6.92 Å². The average Bonchev–Trinajstić information content (AvgIpc) is 2.28. The number of hydrogen-bond acceptors (Lipinski definition) is 5. The number of aromatic nitrogens is 2. The molecular weight excluding hydrogens is 220 g/mol. The molecule has 0 aromatic carbocycles. The van der Waals surface area contributed by atoms with Crippen LogP contribution in [0.1, 0.15) is 12.1 Å². The summed E-state index contributed by atoms with van der Waals surface area (Å²) in [5.41, 5.74) is 6.22. The highest BCUT2D eigenvalue weighted by atomic mass is 16.5. The third-order valence-electron chi connectivity index (χ3n) is 1.95. The maximum Gasteiger partial charge on any atom is 0.244 e. The molecule has 0 saturated heterocycles. The highest BCUT2D eigenvalue weighted by Crippen LogP contribution is 2.11. The molecule has 1 aromatic rings. The van der Waals surface area contributed by atoms with E-state index < -0.39 is 11.9 Å². The Hall–Kier alpha value is -2.13. The molecule has 1 aromatic heterocycles. The van der Waals surface area contributed by atoms with Gasteiger partial charge in [-0.15, -0.1) is 12.3 Å². The first-order valence-corrected chi connectivity index (χ1v) is 4.96. The highest BCUT2D eigenvalue weighted by Gasteiger charge is 2.14. The van der Waals surface area contributed by atoms with E-state index in [9.17, 15) is 4.79 Å². The van der Waals surface area contributed by atoms with Crippen LogP contribution in [0.4, 0.5) is 5.95 Å². The van der Waals surface area contributed by atoms with Crippen molar-refractivity contribution in [3.05, 3.63) is 11.8 Å². The predicted octanol–water partition coefficient (Wildman–Crippen LogP) is 0.0827. The molecule has 3 N–H and O–H groups in total. The monoisotopic (exact) mass is 234 g/mol. The van der Waals surface area contributed by atoms with E-state index in [-0.39, 0.29) is 12.4 Å². The number of terminal acetylenes is 1. The Morgan fingerprint density at radius 1 is 1.71 bits per heavy atom. The average molecular weight is 234 g/mol. The van der Waals surface area contributed by atoms with Gasteiger partial charge in [0, 0.05) is 18.2 Å². The second-order valence-corrected chi connectivity index (χ2v) is 3.38. The number of hydrogen-bond donors (Lipinski definition) is 2. The van der Waals surface area contributed by atoms with E-state index in [1.54, 1.807) is 13.0 Å². The number of nitrogens with two attached hydrogens (primary N) is 1. The van der Waals surface area contributed by atoms with Gasteiger partial charge in [-0.3, -0.25) is 10.1 Å². The van der Waals surface area contributed by atoms with Gasteiger partial charge in [-0.1, -0.05) is 0 Å². The minimum Gasteiger partial charge on any atom is -0.481 e. The van der Waals surface area contributed by atoms with Crippen LogP contribution in [0.15, 0.2) is 6.07 Å². The van der Waals surface area contributed by atoms with Crippen LogP contribution in [0.5, 0.6) is 5.88 Å². The summed E-state index contributed by atoms with van der Waals surface area (Å²) in [6.07, 6.45) is 5.23. The van der Waals surface area contributed by atoms with E-state index in [1.807, 2.05) is 0 Å². The van der Waals surface area contributed by atoms with Gasteiger partial charge < -0.3 is 10.5 Å². The maximum atomic E-state index is 11.6. The molecule has 1 heterocycles. The summed E-state index contributed by atoms with van der Waals surface area (Å²) < 4.78 is 4.96. The van der Waals surface area contributed by atoms with Crippen molar-refractivity contribution >= 4 is 11.9 Å². The number of rotatable bonds is 4. The summed E-state index contributed by atoms with van der Waals surface area (Å²) in [7, 11) is 1.48. The fourth-order valence-corrected chi connectivity index (χ4v) is 1.12. The molecule has 1 unspecified atom stereocenters. The summed E-state index contributed by atoms with van der Waals surface area (Å²) in [4.78, 5) is 19.6. The number of methoxy groups -OCH3 is 1. The first-order valence-electron chi connectivity index (χ1n) is 4.96. The van der Waals surface area contributed by atoms with E-state index in [2.05, 4.69) is 21.2 Å². The van der Waals surface area contributed by atoms with Crippen molar-refractivity contribution in [1.29, 1.82) is 0 Å². The zero-order valence-corrected chi connectivity index (χ0v) is 9.73. The number of nitrogens with zero attached hydrogens (tertiary/aromatic N) is 2. The summed E-state index contributed by atoms with van der Waals surface area (Å²) in [6.45, 7) is 1.77. The van der Waals surface area contributed by atoms with Gasteiger partial charge in [-0.25, -0.2) is 4.98 Å². The van der Waals surface area contributed by atoms with E-state index in [4.69, 9.17) is 16.9 Å². The van der Waals surface area contributed by atoms with Gasteiger partial charge in [0.1, 0.15) is 0 Å². The number of nitrogens with one attached hydrogen (secondary N) is 1. The lowest BCUT2D eigenvalue weighted by Crippen LogP contribution is -2.35. The minimum atomic E-state index is -0.768. The van der Waals surface area contributed by atoms with Crippen LogP contribution >= 0.6 is 0 Å². The van der Waals surface area contributed by atoms with Gasteiger partial charge in [0.25, 0.3) is 0 Å². The molecule has 6 nitrogen and oxygen atoms in total. The van der Waals surface area contributed by atoms with Crippen LogP contribution in [-0.4, -0.2) is 29.0 Å². The van der Waals surface area contributed by atoms with E-state index in [1.165, 1.54) is 7.11 Å². The molecule has 6 heteroatoms. The molecule has 0 spiro atoms. The summed E-state index contributed by atoms with van der Waals surface area (Å²) >= 11 is 0. The summed E-state index contributed by atoms with van der Waals surface area (Å²) in [6, 6.07) is 0.881. The van der Waals surface area contributed by atoms with Crippen molar-refractivity contribution in [1.82, 2.24) is 9.97 Å². The fraction of sp³-hybridized carbons (Fsp3) is 0.364. The summed E-state index contributed by atoms with van der Waals surface area (Å²) in [5.74, 6) is 2.42. The third-order valence-corrected chi connectivity index (χ3v) is 1.95. The Morgan fingerprint density at radius 2 is 2.41 bits per heavy atom. The molecule has 90 valence electrons. The Kier molecular flexibility index (Phi) is 4.43. The van der Waals surface area contributed by atoms with E-state index in [0.29, 0.717) is 11.6 Å². The van der Waals surface area contributed by atoms with Crippen molar-refractivity contribution in [2.24, 2.45) is 5.73 Å². The zero-order valence-electron chi connectivity index (χ0n) is 9.73. The molecule has 0 saturated carbocycles. The quantitative estimate of drug-likeness (QED) is 0.720. The Bertz CT molecular complexity index is 453. The molecule has 0 fully saturated rings. The lowest BCUT2D eigenvalue weighted by Gasteiger charge is -2.09. The highest BCUT2D eigenvalue weighted by molar-refractivity contribution is 5.93. The molecule has 1 amide bonds. The Balaban J connectivity index is 2.78. The van der Waals surface area contributed by atoms with Gasteiger partial charge >= 0.3 is 0 Å². The molecule has 0 bridgehead atoms. The smallest absolute Gasteiger partial charge is 0.244 e. The minimum absolute atomic E-state index is 0.152. The molecule has 0 aliphatic rings. The first kappa shape index (κ1) is 12.9. The number of amides is 1. The number of carbonyl (C=O) groups is 1. The lowest BCUT2D eigenvalue weighted by atomic mass is 10.2. The summed E-state index contributed by atoms with van der Waals surface area (Å²) in [5, 5.41) is 2.48. The third kappa shape index (κ3) is 3.74. The van der Waals surface area contributed by atoms with Crippen LogP contribution in [0.25, 0.3) is 0 Å². The predicted molar refractivity (Wildman–Crippen MR) is 63.4 cm³/mol. The number of aryl methyl sites for hydroxylation is 1. The van der Waals surface area contributed by atoms with Gasteiger partial charge in [0.05, 0.1) is 13.2 Å². The molecule has 0 aliphatic carbocycles. The van der Waals surface area contributed by atoms with Crippen molar-refractivity contribution in [2.45, 2.75) is 19.4 Å². The van der Waals surface area contributed by atoms with Crippen LogP contribution in [0, 0.1) is 19.3 Å². The van der Waals surface area contributed by atoms with Crippen LogP contribution in [0.2, 0.25) is 0 Å². The van der Waals surface area contributed by atoms with Gasteiger partial charge in [-0.2, -0.15) is 4.98 Å². The maximum absolute atomic E-state index is 11.6. The zero-order chi connectivity index (χ0) is 12.8. The van der Waals surface area contributed by atoms with Crippen LogP contribution < -0.4 is 15.8 Å². The first-order chi connectivity index (χ1) is 8.06. The SMILES string of the molecule is C#CCC(N)C(=O)Nc1nc(C)cc(OC)n1. The molecule has 1 rings (SSSR count). The van der Waals surface area contributed by atoms with Crippen molar-refractivity contribution in [3.63, 3.8) is 0 Å². The second-order valence-electron chi connectivity index (χ2n) is 3.38. The van der Waals surface area contributed by atoms with Crippen molar-refractivity contribution < 1.29 is 9.53 Å². The fourth-order valence-electron chi connectivity index (χ4n) is 1.12. The molecular formula is C11H14N4O2. The van der Waals surface area contributed by atoms with Gasteiger partial charge in [0.15, 0.2) is 0 Å². The number of ether oxygens (including phenoxy) is 1. The van der Waals surface area contributed by atoms with Gasteiger partial charge in [0.2, 0.25) is 17.7 Å². The molecule has 1 atom stereocenters. The normalized spacial score (nSPS) is 11.4. The second kappa shape index (κ2) is 5.82. The molecule has 0 aliphatic heterocycles. The Morgan fingerprint density at radius 3 is 3.00 bits per heavy atom. The van der Waals surface area contributed by atoms with Crippen molar-refractivity contribution in [3.8, 4) is 18.2 Å². The topological polar surface area (TPSA) is 90.1 Å².